The van der Waals surface area contributed by atoms with Gasteiger partial charge in [0.2, 0.25) is 0 Å². The van der Waals surface area contributed by atoms with Crippen LogP contribution < -0.4 is 10.4 Å². The summed E-state index contributed by atoms with van der Waals surface area (Å²) in [5.41, 5.74) is 0.250. The highest BCUT2D eigenvalue weighted by Gasteiger charge is 2.00. The van der Waals surface area contributed by atoms with Gasteiger partial charge in [-0.3, -0.25) is 0 Å². The number of hydrogen-bond acceptors (Lipinski definition) is 3. The summed E-state index contributed by atoms with van der Waals surface area (Å²) in [4.78, 5) is 11.1. The highest BCUT2D eigenvalue weighted by atomic mass is 16.5. The molecular weight excluding hydrogens is 240 g/mol. The fourth-order valence-electron chi connectivity index (χ4n) is 2.03. The van der Waals surface area contributed by atoms with Crippen molar-refractivity contribution >= 4 is 11.0 Å². The quantitative estimate of drug-likeness (QED) is 0.554. The monoisotopic (exact) mass is 260 g/mol. The van der Waals surface area contributed by atoms with E-state index in [-0.39, 0.29) is 5.63 Å². The number of benzene rings is 1. The van der Waals surface area contributed by atoms with Crippen LogP contribution in [0.15, 0.2) is 39.5 Å². The lowest BCUT2D eigenvalue weighted by molar-refractivity contribution is 0.304. The summed E-state index contributed by atoms with van der Waals surface area (Å²) in [7, 11) is 0. The second kappa shape index (κ2) is 6.98. The first-order valence-electron chi connectivity index (χ1n) is 6.96. The van der Waals surface area contributed by atoms with Gasteiger partial charge >= 0.3 is 5.63 Å². The lowest BCUT2D eigenvalue weighted by Gasteiger charge is -2.06. The molecule has 0 amide bonds. The van der Waals surface area contributed by atoms with E-state index < -0.39 is 0 Å². The second-order valence-electron chi connectivity index (χ2n) is 4.72. The van der Waals surface area contributed by atoms with Crippen molar-refractivity contribution in [2.75, 3.05) is 6.61 Å². The molecule has 0 spiro atoms. The van der Waals surface area contributed by atoms with Crippen molar-refractivity contribution in [2.24, 2.45) is 0 Å². The predicted octanol–water partition coefficient (Wildman–Crippen LogP) is 4.14. The fraction of sp³-hybridized carbons (Fsp3) is 0.438. The van der Waals surface area contributed by atoms with Crippen LogP contribution in [0, 0.1) is 0 Å². The van der Waals surface area contributed by atoms with Crippen molar-refractivity contribution in [3.05, 3.63) is 40.8 Å². The summed E-state index contributed by atoms with van der Waals surface area (Å²) < 4.78 is 10.8. The van der Waals surface area contributed by atoms with Gasteiger partial charge in [-0.25, -0.2) is 4.79 Å². The maximum Gasteiger partial charge on any atom is 0.336 e. The first-order chi connectivity index (χ1) is 9.29. The van der Waals surface area contributed by atoms with Crippen LogP contribution >= 0.6 is 0 Å². The van der Waals surface area contributed by atoms with Gasteiger partial charge in [0.1, 0.15) is 11.3 Å². The predicted molar refractivity (Wildman–Crippen MR) is 76.7 cm³/mol. The molecule has 1 aromatic carbocycles. The van der Waals surface area contributed by atoms with Crippen molar-refractivity contribution in [3.63, 3.8) is 0 Å². The van der Waals surface area contributed by atoms with Gasteiger partial charge in [0.05, 0.1) is 6.61 Å². The Balaban J connectivity index is 1.88. The molecule has 0 aliphatic carbocycles. The molecule has 0 saturated heterocycles. The summed E-state index contributed by atoms with van der Waals surface area (Å²) in [5.74, 6) is 0.761. The van der Waals surface area contributed by atoms with Gasteiger partial charge in [0.15, 0.2) is 0 Å². The molecule has 2 rings (SSSR count). The zero-order chi connectivity index (χ0) is 13.5. The van der Waals surface area contributed by atoms with Gasteiger partial charge in [-0.1, -0.05) is 32.6 Å². The Morgan fingerprint density at radius 1 is 1.05 bits per heavy atom. The molecule has 0 aliphatic heterocycles. The number of fused-ring (bicyclic) bond motifs is 1. The SMILES string of the molecule is CCCCCCCOc1ccc2ccc(=O)oc2c1. The van der Waals surface area contributed by atoms with Crippen molar-refractivity contribution in [3.8, 4) is 5.75 Å². The average molecular weight is 260 g/mol. The van der Waals surface area contributed by atoms with E-state index in [0.29, 0.717) is 12.2 Å². The highest BCUT2D eigenvalue weighted by molar-refractivity contribution is 5.77. The molecule has 0 radical (unpaired) electrons. The van der Waals surface area contributed by atoms with Crippen LogP contribution in [0.5, 0.6) is 5.75 Å². The van der Waals surface area contributed by atoms with Crippen molar-refractivity contribution in [1.29, 1.82) is 0 Å². The summed E-state index contributed by atoms with van der Waals surface area (Å²) in [5, 5.41) is 0.912. The summed E-state index contributed by atoms with van der Waals surface area (Å²) >= 11 is 0. The standard InChI is InChI=1S/C16H20O3/c1-2-3-4-5-6-11-18-14-9-7-13-8-10-16(17)19-15(13)12-14/h7-10,12H,2-6,11H2,1H3. The van der Waals surface area contributed by atoms with E-state index in [0.717, 1.165) is 17.6 Å². The van der Waals surface area contributed by atoms with Crippen LogP contribution in [0.3, 0.4) is 0 Å². The van der Waals surface area contributed by atoms with Crippen LogP contribution in [0.2, 0.25) is 0 Å². The Labute approximate surface area is 113 Å². The van der Waals surface area contributed by atoms with Gasteiger partial charge in [-0.05, 0) is 24.6 Å². The van der Waals surface area contributed by atoms with Crippen molar-refractivity contribution < 1.29 is 9.15 Å². The van der Waals surface area contributed by atoms with E-state index in [2.05, 4.69) is 6.92 Å². The van der Waals surface area contributed by atoms with E-state index in [1.165, 1.54) is 31.7 Å². The molecule has 0 unspecified atom stereocenters. The summed E-state index contributed by atoms with van der Waals surface area (Å²) in [6, 6.07) is 8.79. The molecule has 102 valence electrons. The Bertz CT molecular complexity index is 571. The first-order valence-corrected chi connectivity index (χ1v) is 6.96. The van der Waals surface area contributed by atoms with Gasteiger partial charge in [-0.2, -0.15) is 0 Å². The minimum Gasteiger partial charge on any atom is -0.493 e. The summed E-state index contributed by atoms with van der Waals surface area (Å²) in [6.07, 6.45) is 6.09. The molecule has 1 heterocycles. The molecule has 2 aromatic rings. The second-order valence-corrected chi connectivity index (χ2v) is 4.72. The summed E-state index contributed by atoms with van der Waals surface area (Å²) in [6.45, 7) is 2.92. The van der Waals surface area contributed by atoms with Gasteiger partial charge in [0, 0.05) is 17.5 Å². The third-order valence-electron chi connectivity index (χ3n) is 3.11. The maximum atomic E-state index is 11.1. The van der Waals surface area contributed by atoms with E-state index >= 15 is 0 Å². The topological polar surface area (TPSA) is 39.4 Å². The van der Waals surface area contributed by atoms with Crippen LogP contribution in [-0.4, -0.2) is 6.61 Å². The molecule has 0 fully saturated rings. The molecule has 0 saturated carbocycles. The maximum absolute atomic E-state index is 11.1. The third kappa shape index (κ3) is 4.12. The molecule has 0 N–H and O–H groups in total. The largest absolute Gasteiger partial charge is 0.493 e. The zero-order valence-corrected chi connectivity index (χ0v) is 11.4. The Kier molecular flexibility index (Phi) is 5.01. The first kappa shape index (κ1) is 13.7. The fourth-order valence-corrected chi connectivity index (χ4v) is 2.03. The average Bonchev–Trinajstić information content (AvgIpc) is 2.42. The van der Waals surface area contributed by atoms with E-state index in [1.54, 1.807) is 12.1 Å². The Hall–Kier alpha value is -1.77. The number of unbranched alkanes of at least 4 members (excludes halogenated alkanes) is 4. The van der Waals surface area contributed by atoms with Crippen molar-refractivity contribution in [2.45, 2.75) is 39.0 Å². The van der Waals surface area contributed by atoms with Crippen LogP contribution in [0.4, 0.5) is 0 Å². The molecule has 3 nitrogen and oxygen atoms in total. The molecular formula is C16H20O3. The van der Waals surface area contributed by atoms with Crippen LogP contribution in [0.1, 0.15) is 39.0 Å². The highest BCUT2D eigenvalue weighted by Crippen LogP contribution is 2.19. The Morgan fingerprint density at radius 2 is 1.84 bits per heavy atom. The zero-order valence-electron chi connectivity index (χ0n) is 11.4. The van der Waals surface area contributed by atoms with Crippen molar-refractivity contribution in [1.82, 2.24) is 0 Å². The minimum absolute atomic E-state index is 0.329. The number of ether oxygens (including phenoxy) is 1. The van der Waals surface area contributed by atoms with Gasteiger partial charge < -0.3 is 9.15 Å². The molecule has 0 aliphatic rings. The third-order valence-corrected chi connectivity index (χ3v) is 3.11. The lowest BCUT2D eigenvalue weighted by Crippen LogP contribution is -1.98. The van der Waals surface area contributed by atoms with E-state index in [9.17, 15) is 4.79 Å². The minimum atomic E-state index is -0.329. The molecule has 0 bridgehead atoms. The number of hydrogen-bond donors (Lipinski definition) is 0. The molecule has 1 aromatic heterocycles. The normalized spacial score (nSPS) is 10.8. The van der Waals surface area contributed by atoms with Crippen LogP contribution in [0.25, 0.3) is 11.0 Å². The van der Waals surface area contributed by atoms with E-state index in [4.69, 9.17) is 9.15 Å². The molecule has 3 heteroatoms. The van der Waals surface area contributed by atoms with Crippen LogP contribution in [-0.2, 0) is 0 Å². The number of rotatable bonds is 7. The van der Waals surface area contributed by atoms with Gasteiger partial charge in [0.25, 0.3) is 0 Å². The molecule has 0 atom stereocenters. The molecule has 19 heavy (non-hydrogen) atoms. The van der Waals surface area contributed by atoms with Gasteiger partial charge in [-0.15, -0.1) is 0 Å². The van der Waals surface area contributed by atoms with E-state index in [1.807, 2.05) is 12.1 Å². The Morgan fingerprint density at radius 3 is 2.68 bits per heavy atom. The lowest BCUT2D eigenvalue weighted by atomic mass is 10.2. The smallest absolute Gasteiger partial charge is 0.336 e.